The fourth-order valence-corrected chi connectivity index (χ4v) is 3.53. The van der Waals surface area contributed by atoms with Crippen LogP contribution in [0.15, 0.2) is 24.3 Å². The lowest BCUT2D eigenvalue weighted by Gasteiger charge is -2.26. The largest absolute Gasteiger partial charge is 0.490 e. The monoisotopic (exact) mass is 477 g/mol. The van der Waals surface area contributed by atoms with Gasteiger partial charge >= 0.3 is 5.97 Å². The number of hydrogen-bond acceptors (Lipinski definition) is 9. The number of ether oxygens (including phenoxy) is 2. The Morgan fingerprint density at radius 1 is 1.21 bits per heavy atom. The quantitative estimate of drug-likeness (QED) is 0.434. The lowest BCUT2D eigenvalue weighted by Crippen LogP contribution is -2.32. The fraction of sp³-hybridized carbons (Fsp3) is 0.565. The van der Waals surface area contributed by atoms with Crippen molar-refractivity contribution < 1.29 is 29.3 Å². The van der Waals surface area contributed by atoms with Gasteiger partial charge in [-0.1, -0.05) is 18.6 Å². The van der Waals surface area contributed by atoms with Crippen molar-refractivity contribution in [1.82, 2.24) is 19.7 Å². The van der Waals surface area contributed by atoms with Crippen LogP contribution in [0, 0.1) is 0 Å². The van der Waals surface area contributed by atoms with Gasteiger partial charge < -0.3 is 25.0 Å². The van der Waals surface area contributed by atoms with E-state index in [4.69, 9.17) is 24.5 Å². The second-order valence-corrected chi connectivity index (χ2v) is 8.06. The highest BCUT2D eigenvalue weighted by atomic mass is 16.6. The van der Waals surface area contributed by atoms with Crippen LogP contribution in [0.1, 0.15) is 44.5 Å². The lowest BCUT2D eigenvalue weighted by molar-refractivity contribution is -0.147. The Morgan fingerprint density at radius 2 is 1.91 bits per heavy atom. The normalized spacial score (nSPS) is 14.5. The molecule has 0 saturated carbocycles. The van der Waals surface area contributed by atoms with Gasteiger partial charge in [-0.2, -0.15) is 10.1 Å². The average molecular weight is 478 g/mol. The number of aryl methyl sites for hydroxylation is 1. The second-order valence-electron chi connectivity index (χ2n) is 8.06. The van der Waals surface area contributed by atoms with E-state index >= 15 is 0 Å². The van der Waals surface area contributed by atoms with Gasteiger partial charge in [-0.15, -0.1) is 0 Å². The zero-order valence-electron chi connectivity index (χ0n) is 20.1. The van der Waals surface area contributed by atoms with Crippen LogP contribution in [0.2, 0.25) is 0 Å². The maximum atomic E-state index is 11.5. The van der Waals surface area contributed by atoms with Gasteiger partial charge in [-0.25, -0.2) is 4.68 Å². The van der Waals surface area contributed by atoms with Crippen LogP contribution in [0.3, 0.4) is 0 Å². The van der Waals surface area contributed by atoms with Crippen molar-refractivity contribution in [1.29, 1.82) is 0 Å². The Balaban J connectivity index is 0.000000945. The first-order valence-electron chi connectivity index (χ1n) is 11.3. The Bertz CT molecular complexity index is 909. The number of hydrogen-bond donors (Lipinski definition) is 3. The van der Waals surface area contributed by atoms with E-state index in [1.807, 2.05) is 18.2 Å². The Hall–Kier alpha value is -3.18. The standard InChI is InChI=1S/C21H31N5O4.C2H4O2/c1-16(28)30-19(12-22-21-23-20(14-27)24-25(21)2)15-29-18-8-6-7-17(11-18)13-26-9-4-3-5-10-26;1-2(3)4/h6-8,11,19,27H,3-5,9-10,12-15H2,1-2H3,(H,22,23,24);1H3,(H,3,4). The number of aromatic nitrogens is 3. The molecule has 1 aromatic carbocycles. The maximum Gasteiger partial charge on any atom is 0.303 e. The van der Waals surface area contributed by atoms with Crippen LogP contribution in [-0.2, 0) is 34.5 Å². The van der Waals surface area contributed by atoms with Gasteiger partial charge in [0.2, 0.25) is 5.95 Å². The summed E-state index contributed by atoms with van der Waals surface area (Å²) in [7, 11) is 1.72. The molecule has 1 aliphatic rings. The van der Waals surface area contributed by atoms with E-state index in [2.05, 4.69) is 26.4 Å². The molecule has 11 nitrogen and oxygen atoms in total. The van der Waals surface area contributed by atoms with Crippen molar-refractivity contribution in [3.63, 3.8) is 0 Å². The molecule has 1 aliphatic heterocycles. The molecule has 0 bridgehead atoms. The van der Waals surface area contributed by atoms with Gasteiger partial charge in [-0.05, 0) is 43.6 Å². The molecule has 1 atom stereocenters. The molecule has 0 aliphatic carbocycles. The number of piperidine rings is 1. The number of carboxylic acid groups (broad SMARTS) is 1. The van der Waals surface area contributed by atoms with Crippen LogP contribution in [0.5, 0.6) is 5.75 Å². The number of likely N-dealkylation sites (tertiary alicyclic amines) is 1. The summed E-state index contributed by atoms with van der Waals surface area (Å²) in [6.45, 7) is 5.95. The summed E-state index contributed by atoms with van der Waals surface area (Å²) in [4.78, 5) is 27.1. The molecule has 2 heterocycles. The molecule has 188 valence electrons. The number of rotatable bonds is 10. The van der Waals surface area contributed by atoms with Crippen molar-refractivity contribution >= 4 is 17.9 Å². The van der Waals surface area contributed by atoms with Crippen molar-refractivity contribution in [2.75, 3.05) is 31.6 Å². The number of carbonyl (C=O) groups is 2. The minimum absolute atomic E-state index is 0.213. The molecule has 0 spiro atoms. The predicted octanol–water partition coefficient (Wildman–Crippen LogP) is 1.81. The molecule has 34 heavy (non-hydrogen) atoms. The van der Waals surface area contributed by atoms with Gasteiger partial charge in [0, 0.05) is 27.4 Å². The van der Waals surface area contributed by atoms with Crippen LogP contribution in [0.4, 0.5) is 5.95 Å². The Labute approximate surface area is 199 Å². The number of aliphatic hydroxyl groups excluding tert-OH is 1. The summed E-state index contributed by atoms with van der Waals surface area (Å²) in [5.74, 6) is 0.353. The van der Waals surface area contributed by atoms with Gasteiger partial charge in [0.15, 0.2) is 11.9 Å². The highest BCUT2D eigenvalue weighted by molar-refractivity contribution is 5.66. The summed E-state index contributed by atoms with van der Waals surface area (Å²) >= 11 is 0. The van der Waals surface area contributed by atoms with Crippen molar-refractivity contribution in [2.24, 2.45) is 7.05 Å². The number of aliphatic hydroxyl groups is 1. The Kier molecular flexibility index (Phi) is 11.3. The molecule has 0 radical (unpaired) electrons. The molecule has 0 amide bonds. The molecule has 1 fully saturated rings. The SMILES string of the molecule is CC(=O)O.CC(=O)OC(CNc1nc(CO)nn1C)COc1cccc(CN2CCCCC2)c1. The van der Waals surface area contributed by atoms with Crippen molar-refractivity contribution in [3.8, 4) is 5.75 Å². The second kappa shape index (κ2) is 14.2. The number of esters is 1. The first-order chi connectivity index (χ1) is 16.3. The van der Waals surface area contributed by atoms with Gasteiger partial charge in [-0.3, -0.25) is 14.5 Å². The number of benzene rings is 1. The number of aliphatic carboxylic acids is 1. The zero-order chi connectivity index (χ0) is 24.9. The van der Waals surface area contributed by atoms with Gasteiger partial charge in [0.05, 0.1) is 6.54 Å². The van der Waals surface area contributed by atoms with E-state index < -0.39 is 12.1 Å². The molecule has 3 rings (SSSR count). The topological polar surface area (TPSA) is 139 Å². The van der Waals surface area contributed by atoms with E-state index in [-0.39, 0.29) is 19.2 Å². The van der Waals surface area contributed by atoms with Crippen LogP contribution in [-0.4, -0.2) is 74.2 Å². The molecule has 1 unspecified atom stereocenters. The van der Waals surface area contributed by atoms with Crippen LogP contribution < -0.4 is 10.1 Å². The third-order valence-corrected chi connectivity index (χ3v) is 4.96. The van der Waals surface area contributed by atoms with Crippen molar-refractivity contribution in [2.45, 2.75) is 52.4 Å². The molecule has 2 aromatic rings. The molecule has 1 saturated heterocycles. The van der Waals surface area contributed by atoms with Crippen LogP contribution in [0.25, 0.3) is 0 Å². The number of nitrogens with zero attached hydrogens (tertiary/aromatic N) is 4. The maximum absolute atomic E-state index is 11.5. The molecule has 3 N–H and O–H groups in total. The fourth-order valence-electron chi connectivity index (χ4n) is 3.53. The number of nitrogens with one attached hydrogen (secondary N) is 1. The number of carboxylic acids is 1. The summed E-state index contributed by atoms with van der Waals surface area (Å²) < 4.78 is 12.8. The summed E-state index contributed by atoms with van der Waals surface area (Å²) in [6, 6.07) is 8.06. The minimum Gasteiger partial charge on any atom is -0.490 e. The predicted molar refractivity (Wildman–Crippen MR) is 125 cm³/mol. The van der Waals surface area contributed by atoms with Crippen molar-refractivity contribution in [3.05, 3.63) is 35.7 Å². The van der Waals surface area contributed by atoms with Crippen LogP contribution >= 0.6 is 0 Å². The lowest BCUT2D eigenvalue weighted by atomic mass is 10.1. The van der Waals surface area contributed by atoms with E-state index in [1.165, 1.54) is 36.4 Å². The molecule has 1 aromatic heterocycles. The third-order valence-electron chi connectivity index (χ3n) is 4.96. The van der Waals surface area contributed by atoms with E-state index in [0.717, 1.165) is 32.3 Å². The smallest absolute Gasteiger partial charge is 0.303 e. The first-order valence-corrected chi connectivity index (χ1v) is 11.3. The summed E-state index contributed by atoms with van der Waals surface area (Å²) in [6.07, 6.45) is 3.35. The minimum atomic E-state index is -0.833. The van der Waals surface area contributed by atoms with Gasteiger partial charge in [0.1, 0.15) is 19.0 Å². The average Bonchev–Trinajstić information content (AvgIpc) is 3.15. The Morgan fingerprint density at radius 3 is 2.53 bits per heavy atom. The van der Waals surface area contributed by atoms with E-state index in [9.17, 15) is 4.79 Å². The third kappa shape index (κ3) is 10.2. The van der Waals surface area contributed by atoms with E-state index in [1.54, 1.807) is 7.05 Å². The first kappa shape index (κ1) is 27.1. The molecular weight excluding hydrogens is 442 g/mol. The highest BCUT2D eigenvalue weighted by Gasteiger charge is 2.16. The van der Waals surface area contributed by atoms with E-state index in [0.29, 0.717) is 18.3 Å². The number of anilines is 1. The molecule has 11 heteroatoms. The highest BCUT2D eigenvalue weighted by Crippen LogP contribution is 2.18. The zero-order valence-corrected chi connectivity index (χ0v) is 20.1. The summed E-state index contributed by atoms with van der Waals surface area (Å²) in [5, 5.41) is 23.7. The summed E-state index contributed by atoms with van der Waals surface area (Å²) in [5.41, 5.74) is 1.21. The number of carbonyl (C=O) groups excluding carboxylic acids is 1. The van der Waals surface area contributed by atoms with Gasteiger partial charge in [0.25, 0.3) is 5.97 Å². The molecular formula is C23H35N5O6.